The number of hydrogen-bond donors (Lipinski definition) is 0. The zero-order chi connectivity index (χ0) is 28.2. The van der Waals surface area contributed by atoms with Crippen molar-refractivity contribution in [2.24, 2.45) is 4.99 Å². The molecule has 1 aromatic heterocycles. The number of anilines is 1. The molecular formula is C33H26N4O3S. The van der Waals surface area contributed by atoms with Crippen LogP contribution in [0, 0.1) is 0 Å². The highest BCUT2D eigenvalue weighted by Crippen LogP contribution is 2.39. The van der Waals surface area contributed by atoms with Crippen molar-refractivity contribution in [1.29, 1.82) is 0 Å². The quantitative estimate of drug-likeness (QED) is 0.195. The molecule has 1 saturated heterocycles. The Labute approximate surface area is 242 Å². The lowest BCUT2D eigenvalue weighted by molar-refractivity contribution is -0.113. The maximum atomic E-state index is 14.0. The third-order valence-corrected chi connectivity index (χ3v) is 7.50. The monoisotopic (exact) mass is 558 g/mol. The molecule has 1 amide bonds. The van der Waals surface area contributed by atoms with Crippen LogP contribution in [0.5, 0.6) is 11.5 Å². The van der Waals surface area contributed by atoms with Crippen LogP contribution in [0.4, 0.5) is 11.4 Å². The number of carbonyl (C=O) groups excluding carboxylic acids is 1. The smallest absolute Gasteiger partial charge is 0.271 e. The fraction of sp³-hybridized carbons (Fsp3) is 0.0606. The predicted octanol–water partition coefficient (Wildman–Crippen LogP) is 7.37. The molecule has 0 atom stereocenters. The largest absolute Gasteiger partial charge is 0.497 e. The van der Waals surface area contributed by atoms with E-state index in [2.05, 4.69) is 0 Å². The lowest BCUT2D eigenvalue weighted by Gasteiger charge is -2.16. The number of para-hydroxylation sites is 1. The molecule has 0 unspecified atom stereocenters. The van der Waals surface area contributed by atoms with Gasteiger partial charge in [0.2, 0.25) is 0 Å². The Hall–Kier alpha value is -5.08. The van der Waals surface area contributed by atoms with Crippen LogP contribution in [-0.4, -0.2) is 35.1 Å². The first-order valence-electron chi connectivity index (χ1n) is 12.9. The fourth-order valence-corrected chi connectivity index (χ4v) is 5.43. The molecule has 6 rings (SSSR count). The van der Waals surface area contributed by atoms with Crippen molar-refractivity contribution in [2.75, 3.05) is 19.1 Å². The summed E-state index contributed by atoms with van der Waals surface area (Å²) in [4.78, 5) is 21.0. The van der Waals surface area contributed by atoms with Crippen molar-refractivity contribution < 1.29 is 14.3 Å². The van der Waals surface area contributed by atoms with Gasteiger partial charge in [0, 0.05) is 17.3 Å². The Bertz CT molecular complexity index is 1730. The summed E-state index contributed by atoms with van der Waals surface area (Å²) >= 11 is 1.33. The van der Waals surface area contributed by atoms with Crippen molar-refractivity contribution in [3.8, 4) is 28.4 Å². The standard InChI is InChI=1S/C33H26N4O3S/c1-39-28-17-13-25(14-18-28)34-33-37(27-15-19-29(40-2)20-16-27)32(38)30(41-33)21-24-22-36(26-11-7-4-8-12-26)35-31(24)23-9-5-3-6-10-23/h3-22H,1-2H3. The molecule has 8 heteroatoms. The molecule has 0 N–H and O–H groups in total. The van der Waals surface area contributed by atoms with Crippen molar-refractivity contribution in [3.05, 3.63) is 126 Å². The first kappa shape index (κ1) is 26.2. The van der Waals surface area contributed by atoms with Gasteiger partial charge in [0.15, 0.2) is 5.17 Å². The summed E-state index contributed by atoms with van der Waals surface area (Å²) < 4.78 is 12.5. The molecule has 1 aliphatic heterocycles. The molecule has 0 spiro atoms. The minimum absolute atomic E-state index is 0.168. The van der Waals surface area contributed by atoms with Gasteiger partial charge in [-0.15, -0.1) is 0 Å². The molecule has 0 bridgehead atoms. The van der Waals surface area contributed by atoms with Crippen LogP contribution in [0.15, 0.2) is 125 Å². The molecule has 202 valence electrons. The Morgan fingerprint density at radius 2 is 1.37 bits per heavy atom. The van der Waals surface area contributed by atoms with E-state index < -0.39 is 0 Å². The molecule has 5 aromatic rings. The second-order valence-corrected chi connectivity index (χ2v) is 10.1. The molecule has 2 heterocycles. The topological polar surface area (TPSA) is 69.0 Å². The van der Waals surface area contributed by atoms with Crippen LogP contribution in [0.1, 0.15) is 5.56 Å². The van der Waals surface area contributed by atoms with Crippen molar-refractivity contribution >= 4 is 40.3 Å². The Kier molecular flexibility index (Phi) is 7.38. The molecule has 1 fully saturated rings. The fourth-order valence-electron chi connectivity index (χ4n) is 4.44. The number of rotatable bonds is 7. The maximum Gasteiger partial charge on any atom is 0.271 e. The number of aliphatic imine (C=N–C) groups is 1. The van der Waals surface area contributed by atoms with Gasteiger partial charge < -0.3 is 9.47 Å². The van der Waals surface area contributed by atoms with Crippen LogP contribution in [0.2, 0.25) is 0 Å². The lowest BCUT2D eigenvalue weighted by atomic mass is 10.1. The van der Waals surface area contributed by atoms with E-state index in [1.54, 1.807) is 19.1 Å². The van der Waals surface area contributed by atoms with E-state index in [-0.39, 0.29) is 5.91 Å². The minimum atomic E-state index is -0.168. The number of aromatic nitrogens is 2. The van der Waals surface area contributed by atoms with Gasteiger partial charge in [-0.05, 0) is 78.5 Å². The zero-order valence-electron chi connectivity index (χ0n) is 22.5. The zero-order valence-corrected chi connectivity index (χ0v) is 23.3. The van der Waals surface area contributed by atoms with Gasteiger partial charge in [-0.2, -0.15) is 5.10 Å². The van der Waals surface area contributed by atoms with Gasteiger partial charge in [-0.25, -0.2) is 9.67 Å². The van der Waals surface area contributed by atoms with E-state index in [0.717, 1.165) is 28.3 Å². The molecule has 0 saturated carbocycles. The van der Waals surface area contributed by atoms with E-state index in [9.17, 15) is 4.79 Å². The third-order valence-electron chi connectivity index (χ3n) is 6.53. The highest BCUT2D eigenvalue weighted by molar-refractivity contribution is 8.19. The third kappa shape index (κ3) is 5.50. The molecule has 0 aliphatic carbocycles. The number of amides is 1. The number of amidine groups is 1. The molecule has 0 radical (unpaired) electrons. The Balaban J connectivity index is 1.45. The van der Waals surface area contributed by atoms with E-state index in [0.29, 0.717) is 27.2 Å². The lowest BCUT2D eigenvalue weighted by Crippen LogP contribution is -2.28. The second-order valence-electron chi connectivity index (χ2n) is 9.12. The number of ether oxygens (including phenoxy) is 2. The number of carbonyl (C=O) groups is 1. The van der Waals surface area contributed by atoms with Gasteiger partial charge in [-0.3, -0.25) is 9.69 Å². The van der Waals surface area contributed by atoms with Crippen LogP contribution in [-0.2, 0) is 4.79 Å². The Morgan fingerprint density at radius 1 is 0.756 bits per heavy atom. The minimum Gasteiger partial charge on any atom is -0.497 e. The van der Waals surface area contributed by atoms with Gasteiger partial charge in [0.05, 0.1) is 41.9 Å². The van der Waals surface area contributed by atoms with Crippen molar-refractivity contribution in [3.63, 3.8) is 0 Å². The van der Waals surface area contributed by atoms with E-state index in [1.165, 1.54) is 11.8 Å². The molecule has 41 heavy (non-hydrogen) atoms. The number of benzene rings is 4. The number of hydrogen-bond acceptors (Lipinski definition) is 6. The average Bonchev–Trinajstić information content (AvgIpc) is 3.59. The summed E-state index contributed by atoms with van der Waals surface area (Å²) in [6.45, 7) is 0. The molecule has 7 nitrogen and oxygen atoms in total. The predicted molar refractivity (Wildman–Crippen MR) is 165 cm³/mol. The normalized spacial score (nSPS) is 15.1. The van der Waals surface area contributed by atoms with Crippen LogP contribution >= 0.6 is 11.8 Å². The maximum absolute atomic E-state index is 14.0. The highest BCUT2D eigenvalue weighted by Gasteiger charge is 2.35. The first-order chi connectivity index (χ1) is 20.1. The summed E-state index contributed by atoms with van der Waals surface area (Å²) in [5.74, 6) is 1.28. The van der Waals surface area contributed by atoms with Crippen LogP contribution in [0.3, 0.4) is 0 Å². The van der Waals surface area contributed by atoms with Crippen molar-refractivity contribution in [2.45, 2.75) is 0 Å². The summed E-state index contributed by atoms with van der Waals surface area (Å²) in [5.41, 5.74) is 4.91. The van der Waals surface area contributed by atoms with Crippen molar-refractivity contribution in [1.82, 2.24) is 9.78 Å². The number of thioether (sulfide) groups is 1. The summed E-state index contributed by atoms with van der Waals surface area (Å²) in [6.07, 6.45) is 3.85. The second kappa shape index (κ2) is 11.6. The molecule has 4 aromatic carbocycles. The SMILES string of the molecule is COc1ccc(N=C2SC(=Cc3cn(-c4ccccc4)nc3-c3ccccc3)C(=O)N2c2ccc(OC)cc2)cc1. The first-order valence-corrected chi connectivity index (χ1v) is 13.8. The number of nitrogens with zero attached hydrogens (tertiary/aromatic N) is 4. The summed E-state index contributed by atoms with van der Waals surface area (Å²) in [6, 6.07) is 34.7. The number of methoxy groups -OCH3 is 2. The van der Waals surface area contributed by atoms with E-state index in [4.69, 9.17) is 19.6 Å². The van der Waals surface area contributed by atoms with E-state index in [1.807, 2.05) is 126 Å². The molecule has 1 aliphatic rings. The molecular weight excluding hydrogens is 532 g/mol. The van der Waals surface area contributed by atoms with Crippen LogP contribution in [0.25, 0.3) is 23.0 Å². The van der Waals surface area contributed by atoms with E-state index >= 15 is 0 Å². The Morgan fingerprint density at radius 3 is 2.00 bits per heavy atom. The van der Waals surface area contributed by atoms with Gasteiger partial charge >= 0.3 is 0 Å². The van der Waals surface area contributed by atoms with Gasteiger partial charge in [0.1, 0.15) is 11.5 Å². The van der Waals surface area contributed by atoms with Crippen LogP contribution < -0.4 is 14.4 Å². The van der Waals surface area contributed by atoms with Gasteiger partial charge in [-0.1, -0.05) is 48.5 Å². The summed E-state index contributed by atoms with van der Waals surface area (Å²) in [7, 11) is 3.24. The highest BCUT2D eigenvalue weighted by atomic mass is 32.2. The average molecular weight is 559 g/mol. The van der Waals surface area contributed by atoms with Gasteiger partial charge in [0.25, 0.3) is 5.91 Å². The summed E-state index contributed by atoms with van der Waals surface area (Å²) in [5, 5.41) is 5.45.